The molecule has 1 rings (SSSR count). The fourth-order valence-corrected chi connectivity index (χ4v) is 1.64. The van der Waals surface area contributed by atoms with Gasteiger partial charge in [0.1, 0.15) is 5.75 Å². The van der Waals surface area contributed by atoms with E-state index in [1.54, 1.807) is 18.0 Å². The third-order valence-electron chi connectivity index (χ3n) is 2.46. The monoisotopic (exact) mass is 256 g/mol. The molecule has 0 unspecified atom stereocenters. The average Bonchev–Trinajstić information content (AvgIpc) is 2.32. The Hall–Kier alpha value is -1.26. The van der Waals surface area contributed by atoms with Crippen LogP contribution in [0, 0.1) is 0 Å². The van der Waals surface area contributed by atoms with E-state index in [-0.39, 0.29) is 16.7 Å². The molecule has 0 fully saturated rings. The fraction of sp³-hybridized carbons (Fsp3) is 0.417. The van der Waals surface area contributed by atoms with Gasteiger partial charge in [-0.15, -0.1) is 0 Å². The number of hydrogen-bond donors (Lipinski definition) is 2. The third-order valence-corrected chi connectivity index (χ3v) is 2.76. The summed E-state index contributed by atoms with van der Waals surface area (Å²) in [4.78, 5) is 13.6. The number of phenols is 1. The zero-order valence-corrected chi connectivity index (χ0v) is 10.8. The summed E-state index contributed by atoms with van der Waals surface area (Å²) >= 11 is 5.76. The van der Waals surface area contributed by atoms with Crippen molar-refractivity contribution in [1.29, 1.82) is 0 Å². The topological polar surface area (TPSA) is 52.6 Å². The highest BCUT2D eigenvalue weighted by atomic mass is 35.5. The minimum Gasteiger partial charge on any atom is -0.506 e. The molecular weight excluding hydrogens is 240 g/mol. The standard InChI is InChI=1S/C12H17ClN2O2/c1-14-6-3-7-15(2)12(17)9-4-5-11(16)10(13)8-9/h4-5,8,14,16H,3,6-7H2,1-2H3. The molecule has 1 amide bonds. The van der Waals surface area contributed by atoms with E-state index in [1.807, 2.05) is 7.05 Å². The van der Waals surface area contributed by atoms with Gasteiger partial charge in [0.2, 0.25) is 0 Å². The molecule has 0 atom stereocenters. The van der Waals surface area contributed by atoms with Crippen LogP contribution >= 0.6 is 11.6 Å². The van der Waals surface area contributed by atoms with Crippen molar-refractivity contribution < 1.29 is 9.90 Å². The van der Waals surface area contributed by atoms with E-state index >= 15 is 0 Å². The zero-order valence-electron chi connectivity index (χ0n) is 10.0. The van der Waals surface area contributed by atoms with Gasteiger partial charge in [-0.25, -0.2) is 0 Å². The first-order chi connectivity index (χ1) is 8.06. The highest BCUT2D eigenvalue weighted by Gasteiger charge is 2.12. The number of carbonyl (C=O) groups excluding carboxylic acids is 1. The van der Waals surface area contributed by atoms with Gasteiger partial charge < -0.3 is 15.3 Å². The number of rotatable bonds is 5. The SMILES string of the molecule is CNCCCN(C)C(=O)c1ccc(O)c(Cl)c1. The molecule has 1 aromatic carbocycles. The fourth-order valence-electron chi connectivity index (χ4n) is 1.45. The Labute approximate surface area is 106 Å². The Morgan fingerprint density at radius 2 is 2.24 bits per heavy atom. The van der Waals surface area contributed by atoms with Gasteiger partial charge in [-0.2, -0.15) is 0 Å². The molecule has 0 radical (unpaired) electrons. The Bertz CT molecular complexity index is 396. The van der Waals surface area contributed by atoms with Crippen molar-refractivity contribution >= 4 is 17.5 Å². The van der Waals surface area contributed by atoms with E-state index in [0.717, 1.165) is 13.0 Å². The van der Waals surface area contributed by atoms with Gasteiger partial charge in [-0.1, -0.05) is 11.6 Å². The van der Waals surface area contributed by atoms with Crippen LogP contribution in [-0.2, 0) is 0 Å². The molecule has 94 valence electrons. The van der Waals surface area contributed by atoms with Gasteiger partial charge in [0.05, 0.1) is 5.02 Å². The van der Waals surface area contributed by atoms with Gasteiger partial charge in [-0.05, 0) is 38.2 Å². The van der Waals surface area contributed by atoms with Crippen LogP contribution < -0.4 is 5.32 Å². The highest BCUT2D eigenvalue weighted by molar-refractivity contribution is 6.32. The number of benzene rings is 1. The predicted molar refractivity (Wildman–Crippen MR) is 68.6 cm³/mol. The van der Waals surface area contributed by atoms with Crippen LogP contribution in [0.4, 0.5) is 0 Å². The number of nitrogens with one attached hydrogen (secondary N) is 1. The van der Waals surface area contributed by atoms with Crippen molar-refractivity contribution in [3.8, 4) is 5.75 Å². The summed E-state index contributed by atoms with van der Waals surface area (Å²) in [6, 6.07) is 4.48. The van der Waals surface area contributed by atoms with Crippen LogP contribution in [0.15, 0.2) is 18.2 Å². The minimum absolute atomic E-state index is 0.0129. The average molecular weight is 257 g/mol. The van der Waals surface area contributed by atoms with Crippen LogP contribution in [-0.4, -0.2) is 43.1 Å². The molecule has 0 aliphatic carbocycles. The van der Waals surface area contributed by atoms with Crippen molar-refractivity contribution in [3.05, 3.63) is 28.8 Å². The van der Waals surface area contributed by atoms with Crippen molar-refractivity contribution in [3.63, 3.8) is 0 Å². The smallest absolute Gasteiger partial charge is 0.253 e. The second-order valence-corrected chi connectivity index (χ2v) is 4.26. The molecular formula is C12H17ClN2O2. The van der Waals surface area contributed by atoms with Crippen molar-refractivity contribution in [1.82, 2.24) is 10.2 Å². The summed E-state index contributed by atoms with van der Waals surface area (Å²) in [5, 5.41) is 12.5. The Kier molecular flexibility index (Phi) is 5.25. The van der Waals surface area contributed by atoms with E-state index in [0.29, 0.717) is 12.1 Å². The first-order valence-electron chi connectivity index (χ1n) is 5.45. The zero-order chi connectivity index (χ0) is 12.8. The quantitative estimate of drug-likeness (QED) is 0.789. The molecule has 17 heavy (non-hydrogen) atoms. The Morgan fingerprint density at radius 3 is 2.82 bits per heavy atom. The predicted octanol–water partition coefficient (Wildman–Crippen LogP) is 1.73. The molecule has 0 saturated carbocycles. The lowest BCUT2D eigenvalue weighted by molar-refractivity contribution is 0.0793. The molecule has 0 spiro atoms. The number of hydrogen-bond acceptors (Lipinski definition) is 3. The van der Waals surface area contributed by atoms with E-state index in [9.17, 15) is 9.90 Å². The summed E-state index contributed by atoms with van der Waals surface area (Å²) in [7, 11) is 3.63. The first kappa shape index (κ1) is 13.8. The number of phenolic OH excluding ortho intramolecular Hbond substituents is 1. The third kappa shape index (κ3) is 3.91. The lowest BCUT2D eigenvalue weighted by Crippen LogP contribution is -2.29. The second kappa shape index (κ2) is 6.47. The van der Waals surface area contributed by atoms with Crippen molar-refractivity contribution in [2.24, 2.45) is 0 Å². The van der Waals surface area contributed by atoms with Crippen LogP contribution in [0.3, 0.4) is 0 Å². The molecule has 0 heterocycles. The van der Waals surface area contributed by atoms with Crippen LogP contribution in [0.25, 0.3) is 0 Å². The summed E-state index contributed by atoms with van der Waals surface area (Å²) in [5.41, 5.74) is 0.486. The number of aromatic hydroxyl groups is 1. The molecule has 0 aliphatic rings. The van der Waals surface area contributed by atoms with Gasteiger partial charge in [0.25, 0.3) is 5.91 Å². The summed E-state index contributed by atoms with van der Waals surface area (Å²) < 4.78 is 0. The maximum absolute atomic E-state index is 12.0. The number of amides is 1. The van der Waals surface area contributed by atoms with Gasteiger partial charge in [0, 0.05) is 19.2 Å². The van der Waals surface area contributed by atoms with Crippen molar-refractivity contribution in [2.75, 3.05) is 27.2 Å². The van der Waals surface area contributed by atoms with E-state index in [1.165, 1.54) is 12.1 Å². The number of carbonyl (C=O) groups is 1. The molecule has 4 nitrogen and oxygen atoms in total. The van der Waals surface area contributed by atoms with Crippen LogP contribution in [0.1, 0.15) is 16.8 Å². The minimum atomic E-state index is -0.0944. The van der Waals surface area contributed by atoms with Crippen LogP contribution in [0.5, 0.6) is 5.75 Å². The molecule has 0 bridgehead atoms. The maximum atomic E-state index is 12.0. The van der Waals surface area contributed by atoms with Gasteiger partial charge in [-0.3, -0.25) is 4.79 Å². The number of nitrogens with zero attached hydrogens (tertiary/aromatic N) is 1. The normalized spacial score (nSPS) is 10.3. The van der Waals surface area contributed by atoms with E-state index in [2.05, 4.69) is 5.32 Å². The summed E-state index contributed by atoms with van der Waals surface area (Å²) in [6.45, 7) is 1.55. The Balaban J connectivity index is 2.65. The van der Waals surface area contributed by atoms with E-state index in [4.69, 9.17) is 11.6 Å². The lowest BCUT2D eigenvalue weighted by atomic mass is 10.2. The maximum Gasteiger partial charge on any atom is 0.253 e. The number of halogens is 1. The van der Waals surface area contributed by atoms with E-state index < -0.39 is 0 Å². The summed E-state index contributed by atoms with van der Waals surface area (Å²) in [6.07, 6.45) is 0.893. The molecule has 2 N–H and O–H groups in total. The van der Waals surface area contributed by atoms with Crippen LogP contribution in [0.2, 0.25) is 5.02 Å². The second-order valence-electron chi connectivity index (χ2n) is 3.85. The molecule has 1 aromatic rings. The largest absolute Gasteiger partial charge is 0.506 e. The highest BCUT2D eigenvalue weighted by Crippen LogP contribution is 2.24. The molecule has 0 aromatic heterocycles. The van der Waals surface area contributed by atoms with Gasteiger partial charge >= 0.3 is 0 Å². The molecule has 0 saturated heterocycles. The molecule has 0 aliphatic heterocycles. The first-order valence-corrected chi connectivity index (χ1v) is 5.82. The lowest BCUT2D eigenvalue weighted by Gasteiger charge is -2.17. The summed E-state index contributed by atoms with van der Waals surface area (Å²) in [5.74, 6) is -0.107. The molecule has 5 heteroatoms. The Morgan fingerprint density at radius 1 is 1.53 bits per heavy atom. The van der Waals surface area contributed by atoms with Gasteiger partial charge in [0.15, 0.2) is 0 Å². The van der Waals surface area contributed by atoms with Crippen molar-refractivity contribution in [2.45, 2.75) is 6.42 Å².